The lowest BCUT2D eigenvalue weighted by Gasteiger charge is -2.10. The molecule has 1 rings (SSSR count). The van der Waals surface area contributed by atoms with Crippen LogP contribution in [-0.4, -0.2) is 11.7 Å². The highest BCUT2D eigenvalue weighted by molar-refractivity contribution is 6.04. The lowest BCUT2D eigenvalue weighted by molar-refractivity contribution is -0.116. The Morgan fingerprint density at radius 1 is 1.05 bits per heavy atom. The smallest absolute Gasteiger partial charge is 0.224 e. The Hall–Kier alpha value is -1.64. The third-order valence-electron chi connectivity index (χ3n) is 3.76. The number of Topliss-reactive ketones (excluding diaryl/α,β-unsaturated/α-hetero) is 1. The van der Waals surface area contributed by atoms with Crippen LogP contribution in [0.25, 0.3) is 0 Å². The largest absolute Gasteiger partial charge is 0.325 e. The van der Waals surface area contributed by atoms with Crippen molar-refractivity contribution in [1.82, 2.24) is 0 Å². The summed E-state index contributed by atoms with van der Waals surface area (Å²) in [5, 5.41) is 2.88. The van der Waals surface area contributed by atoms with E-state index in [4.69, 9.17) is 0 Å². The fraction of sp³-hybridized carbons (Fsp3) is 0.579. The number of para-hydroxylation sites is 1. The number of anilines is 1. The van der Waals surface area contributed by atoms with Gasteiger partial charge in [0.1, 0.15) is 0 Å². The van der Waals surface area contributed by atoms with E-state index in [0.717, 1.165) is 18.8 Å². The molecule has 22 heavy (non-hydrogen) atoms. The number of unbranched alkanes of at least 4 members (excludes halogenated alkanes) is 3. The number of carbonyl (C=O) groups excluding carboxylic acids is 2. The number of carbonyl (C=O) groups is 2. The van der Waals surface area contributed by atoms with Crippen molar-refractivity contribution in [3.63, 3.8) is 0 Å². The summed E-state index contributed by atoms with van der Waals surface area (Å²) < 4.78 is 0. The molecule has 0 spiro atoms. The molecular formula is C19H29NO2. The van der Waals surface area contributed by atoms with Gasteiger partial charge >= 0.3 is 0 Å². The lowest BCUT2D eigenvalue weighted by Crippen LogP contribution is -2.14. The van der Waals surface area contributed by atoms with Crippen molar-refractivity contribution in [3.05, 3.63) is 29.8 Å². The molecule has 122 valence electrons. The number of hydrogen-bond acceptors (Lipinski definition) is 2. The maximum absolute atomic E-state index is 12.0. The van der Waals surface area contributed by atoms with Crippen LogP contribution >= 0.6 is 0 Å². The summed E-state index contributed by atoms with van der Waals surface area (Å²) in [7, 11) is 0. The van der Waals surface area contributed by atoms with Gasteiger partial charge in [-0.3, -0.25) is 9.59 Å². The summed E-state index contributed by atoms with van der Waals surface area (Å²) >= 11 is 0. The van der Waals surface area contributed by atoms with Crippen LogP contribution in [0, 0.1) is 5.92 Å². The first kappa shape index (κ1) is 18.4. The predicted octanol–water partition coefficient (Wildman–Crippen LogP) is 5.21. The first-order valence-corrected chi connectivity index (χ1v) is 8.46. The second-order valence-corrected chi connectivity index (χ2v) is 6.22. The minimum absolute atomic E-state index is 0.000197. The Kier molecular flexibility index (Phi) is 8.49. The molecule has 3 heteroatoms. The second-order valence-electron chi connectivity index (χ2n) is 6.22. The van der Waals surface area contributed by atoms with E-state index in [1.54, 1.807) is 12.1 Å². The van der Waals surface area contributed by atoms with Crippen molar-refractivity contribution in [1.29, 1.82) is 0 Å². The number of ketones is 1. The third-order valence-corrected chi connectivity index (χ3v) is 3.76. The van der Waals surface area contributed by atoms with Gasteiger partial charge in [0.2, 0.25) is 5.91 Å². The van der Waals surface area contributed by atoms with Gasteiger partial charge in [-0.25, -0.2) is 0 Å². The molecule has 0 aromatic heterocycles. The van der Waals surface area contributed by atoms with Gasteiger partial charge in [0.15, 0.2) is 5.78 Å². The molecule has 0 bridgehead atoms. The van der Waals surface area contributed by atoms with Gasteiger partial charge in [0.05, 0.1) is 5.69 Å². The summed E-state index contributed by atoms with van der Waals surface area (Å²) in [5.74, 6) is 0.820. The van der Waals surface area contributed by atoms with E-state index in [1.165, 1.54) is 19.3 Å². The number of hydrogen-bond donors (Lipinski definition) is 1. The molecule has 3 nitrogen and oxygen atoms in total. The van der Waals surface area contributed by atoms with Crippen LogP contribution in [0.4, 0.5) is 5.69 Å². The van der Waals surface area contributed by atoms with Crippen LogP contribution in [0.1, 0.15) is 76.1 Å². The van der Waals surface area contributed by atoms with E-state index in [-0.39, 0.29) is 11.7 Å². The van der Waals surface area contributed by atoms with Crippen LogP contribution in [0.3, 0.4) is 0 Å². The highest BCUT2D eigenvalue weighted by Crippen LogP contribution is 2.18. The van der Waals surface area contributed by atoms with Crippen molar-refractivity contribution >= 4 is 17.4 Å². The summed E-state index contributed by atoms with van der Waals surface area (Å²) in [5.41, 5.74) is 1.24. The van der Waals surface area contributed by atoms with Gasteiger partial charge < -0.3 is 5.32 Å². The van der Waals surface area contributed by atoms with Crippen LogP contribution < -0.4 is 5.32 Å². The van der Waals surface area contributed by atoms with Crippen LogP contribution in [0.2, 0.25) is 0 Å². The van der Waals surface area contributed by atoms with Crippen molar-refractivity contribution < 1.29 is 9.59 Å². The minimum atomic E-state index is 0.000197. The maximum Gasteiger partial charge on any atom is 0.224 e. The molecule has 1 N–H and O–H groups in total. The molecule has 0 radical (unpaired) electrons. The minimum Gasteiger partial charge on any atom is -0.325 e. The average Bonchev–Trinajstić information content (AvgIpc) is 2.50. The average molecular weight is 303 g/mol. The van der Waals surface area contributed by atoms with E-state index in [2.05, 4.69) is 19.2 Å². The van der Waals surface area contributed by atoms with Crippen LogP contribution in [-0.2, 0) is 4.79 Å². The fourth-order valence-electron chi connectivity index (χ4n) is 2.43. The Balaban J connectivity index is 2.35. The first-order valence-electron chi connectivity index (χ1n) is 8.46. The Labute approximate surface area is 134 Å². The van der Waals surface area contributed by atoms with E-state index in [1.807, 2.05) is 19.1 Å². The quantitative estimate of drug-likeness (QED) is 0.476. The SMILES string of the molecule is CCC(=O)c1ccccc1NC(=O)CCCCCCC(C)C. The topological polar surface area (TPSA) is 46.2 Å². The molecular weight excluding hydrogens is 274 g/mol. The van der Waals surface area contributed by atoms with Gasteiger partial charge in [0.25, 0.3) is 0 Å². The van der Waals surface area contributed by atoms with Crippen LogP contribution in [0.5, 0.6) is 0 Å². The van der Waals surface area contributed by atoms with E-state index in [9.17, 15) is 9.59 Å². The monoisotopic (exact) mass is 303 g/mol. The molecule has 0 aliphatic heterocycles. The van der Waals surface area contributed by atoms with Gasteiger partial charge in [-0.2, -0.15) is 0 Å². The van der Waals surface area contributed by atoms with E-state index >= 15 is 0 Å². The second kappa shape index (κ2) is 10.1. The number of amides is 1. The van der Waals surface area contributed by atoms with Crippen molar-refractivity contribution in [2.24, 2.45) is 5.92 Å². The van der Waals surface area contributed by atoms with Crippen LogP contribution in [0.15, 0.2) is 24.3 Å². The molecule has 0 saturated heterocycles. The molecule has 0 aliphatic carbocycles. The lowest BCUT2D eigenvalue weighted by atomic mass is 10.0. The van der Waals surface area contributed by atoms with Crippen molar-refractivity contribution in [3.8, 4) is 0 Å². The Bertz CT molecular complexity index is 480. The third kappa shape index (κ3) is 6.88. The zero-order valence-corrected chi connectivity index (χ0v) is 14.2. The standard InChI is InChI=1S/C19H29NO2/c1-4-18(21)16-12-9-10-13-17(16)20-19(22)14-8-6-5-7-11-15(2)3/h9-10,12-13,15H,4-8,11,14H2,1-3H3,(H,20,22). The fourth-order valence-corrected chi connectivity index (χ4v) is 2.43. The zero-order chi connectivity index (χ0) is 16.4. The summed E-state index contributed by atoms with van der Waals surface area (Å²) in [4.78, 5) is 23.8. The molecule has 0 aliphatic rings. The predicted molar refractivity (Wildman–Crippen MR) is 92.2 cm³/mol. The summed E-state index contributed by atoms with van der Waals surface area (Å²) in [6.07, 6.45) is 6.67. The Morgan fingerprint density at radius 2 is 1.73 bits per heavy atom. The highest BCUT2D eigenvalue weighted by Gasteiger charge is 2.11. The molecule has 1 amide bonds. The molecule has 1 aromatic carbocycles. The van der Waals surface area contributed by atoms with Gasteiger partial charge in [-0.15, -0.1) is 0 Å². The normalized spacial score (nSPS) is 10.7. The van der Waals surface area contributed by atoms with E-state index < -0.39 is 0 Å². The molecule has 1 aromatic rings. The van der Waals surface area contributed by atoms with Crippen molar-refractivity contribution in [2.45, 2.75) is 65.7 Å². The van der Waals surface area contributed by atoms with Gasteiger partial charge in [-0.1, -0.05) is 58.6 Å². The number of benzene rings is 1. The number of nitrogens with one attached hydrogen (secondary N) is 1. The van der Waals surface area contributed by atoms with Gasteiger partial charge in [-0.05, 0) is 24.5 Å². The summed E-state index contributed by atoms with van der Waals surface area (Å²) in [6, 6.07) is 7.23. The molecule has 0 atom stereocenters. The maximum atomic E-state index is 12.0. The summed E-state index contributed by atoms with van der Waals surface area (Å²) in [6.45, 7) is 6.31. The molecule has 0 fully saturated rings. The number of rotatable bonds is 10. The van der Waals surface area contributed by atoms with Gasteiger partial charge in [0, 0.05) is 18.4 Å². The first-order chi connectivity index (χ1) is 10.5. The molecule has 0 saturated carbocycles. The molecule has 0 heterocycles. The zero-order valence-electron chi connectivity index (χ0n) is 14.2. The molecule has 0 unspecified atom stereocenters. The Morgan fingerprint density at radius 3 is 2.41 bits per heavy atom. The van der Waals surface area contributed by atoms with Crippen molar-refractivity contribution in [2.75, 3.05) is 5.32 Å². The highest BCUT2D eigenvalue weighted by atomic mass is 16.1. The van der Waals surface area contributed by atoms with E-state index in [0.29, 0.717) is 24.1 Å².